The van der Waals surface area contributed by atoms with Gasteiger partial charge in [0, 0.05) is 11.8 Å². The van der Waals surface area contributed by atoms with Gasteiger partial charge in [0.15, 0.2) is 0 Å². The number of fused-ring (bicyclic) bond motifs is 1. The van der Waals surface area contributed by atoms with Crippen LogP contribution in [0.2, 0.25) is 0 Å². The Morgan fingerprint density at radius 3 is 3.20 bits per heavy atom. The van der Waals surface area contributed by atoms with E-state index in [1.54, 1.807) is 6.20 Å². The maximum atomic E-state index is 6.31. The maximum Gasteiger partial charge on any atom is 0.125 e. The lowest BCUT2D eigenvalue weighted by atomic mass is 10.1. The van der Waals surface area contributed by atoms with Crippen molar-refractivity contribution < 1.29 is 4.74 Å². The molecule has 0 saturated carbocycles. The highest BCUT2D eigenvalue weighted by Gasteiger charge is 2.20. The molecule has 0 radical (unpaired) electrons. The maximum absolute atomic E-state index is 6.31. The molecule has 2 nitrogen and oxygen atoms in total. The molecular weight excluding hydrogens is 210 g/mol. The van der Waals surface area contributed by atoms with Gasteiger partial charge in [0.05, 0.1) is 17.7 Å². The Morgan fingerprint density at radius 2 is 2.40 bits per heavy atom. The molecule has 15 heavy (non-hydrogen) atoms. The van der Waals surface area contributed by atoms with Crippen molar-refractivity contribution in [1.82, 2.24) is 4.98 Å². The quantitative estimate of drug-likeness (QED) is 0.568. The fourth-order valence-electron chi connectivity index (χ4n) is 2.06. The third-order valence-electron chi connectivity index (χ3n) is 2.78. The number of aromatic nitrogens is 1. The smallest absolute Gasteiger partial charge is 0.125 e. The minimum atomic E-state index is 0.0582. The van der Waals surface area contributed by atoms with Gasteiger partial charge in [-0.05, 0) is 32.3 Å². The van der Waals surface area contributed by atoms with Crippen LogP contribution in [-0.4, -0.2) is 11.6 Å². The van der Waals surface area contributed by atoms with Crippen LogP contribution >= 0.6 is 11.6 Å². The first-order chi connectivity index (χ1) is 7.33. The second kappa shape index (κ2) is 4.84. The topological polar surface area (TPSA) is 22.1 Å². The zero-order valence-corrected chi connectivity index (χ0v) is 9.76. The van der Waals surface area contributed by atoms with Gasteiger partial charge in [-0.1, -0.05) is 6.42 Å². The summed E-state index contributed by atoms with van der Waals surface area (Å²) in [6.07, 6.45) is 6.22. The predicted octanol–water partition coefficient (Wildman–Crippen LogP) is 3.49. The van der Waals surface area contributed by atoms with E-state index in [-0.39, 0.29) is 5.38 Å². The molecule has 0 N–H and O–H groups in total. The van der Waals surface area contributed by atoms with Crippen LogP contribution in [-0.2, 0) is 6.42 Å². The number of pyridine rings is 1. The van der Waals surface area contributed by atoms with Crippen molar-refractivity contribution in [3.8, 4) is 5.75 Å². The van der Waals surface area contributed by atoms with E-state index in [9.17, 15) is 0 Å². The fourth-order valence-corrected chi connectivity index (χ4v) is 2.41. The predicted molar refractivity (Wildman–Crippen MR) is 61.6 cm³/mol. The molecule has 1 aliphatic rings. The molecule has 1 aliphatic carbocycles. The molecule has 0 bridgehead atoms. The van der Waals surface area contributed by atoms with Crippen LogP contribution in [0.1, 0.15) is 42.8 Å². The van der Waals surface area contributed by atoms with Gasteiger partial charge in [-0.15, -0.1) is 11.6 Å². The van der Waals surface area contributed by atoms with E-state index in [4.69, 9.17) is 16.3 Å². The normalized spacial score (nSPS) is 20.5. The third kappa shape index (κ3) is 2.25. The number of ether oxygens (including phenoxy) is 1. The Morgan fingerprint density at radius 1 is 1.53 bits per heavy atom. The molecule has 0 saturated heterocycles. The summed E-state index contributed by atoms with van der Waals surface area (Å²) in [4.78, 5) is 4.39. The Kier molecular flexibility index (Phi) is 3.47. The van der Waals surface area contributed by atoms with Gasteiger partial charge in [-0.25, -0.2) is 0 Å². The number of alkyl halides is 1. The summed E-state index contributed by atoms with van der Waals surface area (Å²) >= 11 is 6.31. The zero-order valence-electron chi connectivity index (χ0n) is 9.00. The van der Waals surface area contributed by atoms with E-state index in [0.717, 1.165) is 24.3 Å². The number of hydrogen-bond donors (Lipinski definition) is 0. The van der Waals surface area contributed by atoms with Gasteiger partial charge in [0.25, 0.3) is 0 Å². The standard InChI is InChI=1S/C12H16ClNO/c1-2-15-11-7-8-14-12-9(11)5-3-4-6-10(12)13/h7-8,10H,2-6H2,1H3. The van der Waals surface area contributed by atoms with Crippen molar-refractivity contribution in [1.29, 1.82) is 0 Å². The van der Waals surface area contributed by atoms with Crippen molar-refractivity contribution in [2.45, 2.75) is 38.0 Å². The van der Waals surface area contributed by atoms with E-state index in [1.165, 1.54) is 18.4 Å². The van der Waals surface area contributed by atoms with Gasteiger partial charge < -0.3 is 4.74 Å². The van der Waals surface area contributed by atoms with Gasteiger partial charge >= 0.3 is 0 Å². The van der Waals surface area contributed by atoms with Crippen LogP contribution in [0.25, 0.3) is 0 Å². The summed E-state index contributed by atoms with van der Waals surface area (Å²) in [5.41, 5.74) is 2.25. The number of halogens is 1. The molecule has 3 heteroatoms. The largest absolute Gasteiger partial charge is 0.493 e. The average molecular weight is 226 g/mol. The second-order valence-electron chi connectivity index (χ2n) is 3.82. The highest BCUT2D eigenvalue weighted by molar-refractivity contribution is 6.20. The lowest BCUT2D eigenvalue weighted by molar-refractivity contribution is 0.335. The molecule has 0 aliphatic heterocycles. The minimum Gasteiger partial charge on any atom is -0.493 e. The molecule has 0 fully saturated rings. The van der Waals surface area contributed by atoms with E-state index in [2.05, 4.69) is 4.98 Å². The Hall–Kier alpha value is -0.760. The fraction of sp³-hybridized carbons (Fsp3) is 0.583. The van der Waals surface area contributed by atoms with Crippen molar-refractivity contribution >= 4 is 11.6 Å². The number of nitrogens with zero attached hydrogens (tertiary/aromatic N) is 1. The molecule has 1 aromatic heterocycles. The monoisotopic (exact) mass is 225 g/mol. The van der Waals surface area contributed by atoms with Crippen LogP contribution in [0.15, 0.2) is 12.3 Å². The Labute approximate surface area is 95.6 Å². The summed E-state index contributed by atoms with van der Waals surface area (Å²) in [5.74, 6) is 0.968. The Balaban J connectivity index is 2.39. The highest BCUT2D eigenvalue weighted by Crippen LogP contribution is 2.35. The molecule has 1 heterocycles. The van der Waals surface area contributed by atoms with E-state index in [1.807, 2.05) is 13.0 Å². The second-order valence-corrected chi connectivity index (χ2v) is 4.35. The van der Waals surface area contributed by atoms with Crippen LogP contribution in [0.4, 0.5) is 0 Å². The molecule has 0 spiro atoms. The zero-order chi connectivity index (χ0) is 10.7. The first-order valence-electron chi connectivity index (χ1n) is 5.57. The van der Waals surface area contributed by atoms with Crippen molar-refractivity contribution in [2.24, 2.45) is 0 Å². The van der Waals surface area contributed by atoms with E-state index >= 15 is 0 Å². The summed E-state index contributed by atoms with van der Waals surface area (Å²) in [5, 5.41) is 0.0582. The SMILES string of the molecule is CCOc1ccnc2c1CCCCC2Cl. The molecule has 0 aromatic carbocycles. The van der Waals surface area contributed by atoms with Crippen LogP contribution in [0.5, 0.6) is 5.75 Å². The molecule has 1 aromatic rings. The molecule has 2 rings (SSSR count). The van der Waals surface area contributed by atoms with Crippen molar-refractivity contribution in [2.75, 3.05) is 6.61 Å². The molecule has 0 amide bonds. The summed E-state index contributed by atoms with van der Waals surface area (Å²) in [7, 11) is 0. The summed E-state index contributed by atoms with van der Waals surface area (Å²) in [6.45, 7) is 2.70. The van der Waals surface area contributed by atoms with Gasteiger partial charge in [0.2, 0.25) is 0 Å². The first-order valence-corrected chi connectivity index (χ1v) is 6.01. The van der Waals surface area contributed by atoms with Crippen molar-refractivity contribution in [3.63, 3.8) is 0 Å². The van der Waals surface area contributed by atoms with Crippen LogP contribution < -0.4 is 4.74 Å². The lowest BCUT2D eigenvalue weighted by Gasteiger charge is -2.13. The third-order valence-corrected chi connectivity index (χ3v) is 3.20. The van der Waals surface area contributed by atoms with E-state index < -0.39 is 0 Å². The highest BCUT2D eigenvalue weighted by atomic mass is 35.5. The van der Waals surface area contributed by atoms with Crippen molar-refractivity contribution in [3.05, 3.63) is 23.5 Å². The summed E-state index contributed by atoms with van der Waals surface area (Å²) < 4.78 is 5.61. The minimum absolute atomic E-state index is 0.0582. The van der Waals surface area contributed by atoms with Crippen LogP contribution in [0, 0.1) is 0 Å². The molecular formula is C12H16ClNO. The first kappa shape index (κ1) is 10.7. The Bertz CT molecular complexity index is 340. The van der Waals surface area contributed by atoms with Gasteiger partial charge in [0.1, 0.15) is 5.75 Å². The average Bonchev–Trinajstić information content (AvgIpc) is 2.43. The summed E-state index contributed by atoms with van der Waals surface area (Å²) in [6, 6.07) is 1.94. The lowest BCUT2D eigenvalue weighted by Crippen LogP contribution is -2.02. The molecule has 1 unspecified atom stereocenters. The molecule has 1 atom stereocenters. The number of hydrogen-bond acceptors (Lipinski definition) is 2. The van der Waals surface area contributed by atoms with Gasteiger partial charge in [-0.2, -0.15) is 0 Å². The van der Waals surface area contributed by atoms with Gasteiger partial charge in [-0.3, -0.25) is 4.98 Å². The number of rotatable bonds is 2. The van der Waals surface area contributed by atoms with E-state index in [0.29, 0.717) is 6.61 Å². The van der Waals surface area contributed by atoms with Crippen LogP contribution in [0.3, 0.4) is 0 Å². The molecule has 82 valence electrons.